The molecule has 1 aromatic rings. The molecule has 0 aromatic heterocycles. The van der Waals surface area contributed by atoms with Crippen molar-refractivity contribution in [2.75, 3.05) is 27.2 Å². The van der Waals surface area contributed by atoms with Crippen LogP contribution in [0.15, 0.2) is 24.3 Å². The van der Waals surface area contributed by atoms with Crippen LogP contribution in [-0.2, 0) is 0 Å². The molecular formula is C12H18N2O. The molecule has 3 nitrogen and oxygen atoms in total. The summed E-state index contributed by atoms with van der Waals surface area (Å²) in [6.07, 6.45) is 0. The lowest BCUT2D eigenvalue weighted by atomic mass is 10.1. The van der Waals surface area contributed by atoms with Gasteiger partial charge >= 0.3 is 0 Å². The van der Waals surface area contributed by atoms with E-state index in [-0.39, 0.29) is 5.91 Å². The van der Waals surface area contributed by atoms with Gasteiger partial charge in [0.2, 0.25) is 0 Å². The highest BCUT2D eigenvalue weighted by atomic mass is 16.2. The van der Waals surface area contributed by atoms with E-state index in [4.69, 9.17) is 0 Å². The molecule has 0 aliphatic rings. The van der Waals surface area contributed by atoms with Crippen molar-refractivity contribution in [1.82, 2.24) is 10.2 Å². The third kappa shape index (κ3) is 3.36. The maximum atomic E-state index is 11.9. The summed E-state index contributed by atoms with van der Waals surface area (Å²) in [5.74, 6) is 0.0777. The largest absolute Gasteiger partial charge is 0.340 e. The normalized spacial score (nSPS) is 10.1. The van der Waals surface area contributed by atoms with Crippen molar-refractivity contribution in [1.29, 1.82) is 0 Å². The predicted octanol–water partition coefficient (Wildman–Crippen LogP) is 1.29. The van der Waals surface area contributed by atoms with Gasteiger partial charge in [0, 0.05) is 25.7 Å². The van der Waals surface area contributed by atoms with Crippen LogP contribution in [0, 0.1) is 6.92 Å². The molecule has 82 valence electrons. The van der Waals surface area contributed by atoms with Gasteiger partial charge in [0.25, 0.3) is 5.91 Å². The first kappa shape index (κ1) is 11.7. The van der Waals surface area contributed by atoms with Crippen molar-refractivity contribution in [3.63, 3.8) is 0 Å². The number of carbonyl (C=O) groups is 1. The fourth-order valence-corrected chi connectivity index (χ4v) is 1.38. The van der Waals surface area contributed by atoms with Gasteiger partial charge in [-0.2, -0.15) is 0 Å². The molecule has 0 atom stereocenters. The highest BCUT2D eigenvalue weighted by molar-refractivity contribution is 5.94. The zero-order chi connectivity index (χ0) is 11.3. The molecule has 0 fully saturated rings. The molecule has 1 rings (SSSR count). The Balaban J connectivity index is 2.67. The van der Waals surface area contributed by atoms with Crippen LogP contribution in [0.1, 0.15) is 15.9 Å². The molecule has 3 heteroatoms. The molecule has 1 N–H and O–H groups in total. The van der Waals surface area contributed by atoms with Crippen LogP contribution in [0.5, 0.6) is 0 Å². The fraction of sp³-hybridized carbons (Fsp3) is 0.417. The smallest absolute Gasteiger partial charge is 0.253 e. The fourth-order valence-electron chi connectivity index (χ4n) is 1.38. The highest BCUT2D eigenvalue weighted by Gasteiger charge is 2.10. The average Bonchev–Trinajstić information content (AvgIpc) is 2.24. The molecule has 0 saturated carbocycles. The van der Waals surface area contributed by atoms with Gasteiger partial charge in [-0.15, -0.1) is 0 Å². The first-order valence-corrected chi connectivity index (χ1v) is 5.12. The molecule has 0 bridgehead atoms. The number of carbonyl (C=O) groups excluding carboxylic acids is 1. The summed E-state index contributed by atoms with van der Waals surface area (Å²) in [4.78, 5) is 13.6. The standard InChI is InChI=1S/C12H18N2O/c1-10-5-4-6-11(9-10)12(15)14(3)8-7-13-2/h4-6,9,13H,7-8H2,1-3H3. The summed E-state index contributed by atoms with van der Waals surface area (Å²) in [5.41, 5.74) is 1.87. The third-order valence-corrected chi connectivity index (χ3v) is 2.31. The number of nitrogens with one attached hydrogen (secondary N) is 1. The Morgan fingerprint density at radius 1 is 1.47 bits per heavy atom. The van der Waals surface area contributed by atoms with Gasteiger partial charge in [0.15, 0.2) is 0 Å². The molecular weight excluding hydrogens is 188 g/mol. The second kappa shape index (κ2) is 5.51. The number of benzene rings is 1. The summed E-state index contributed by atoms with van der Waals surface area (Å²) in [6.45, 7) is 3.53. The lowest BCUT2D eigenvalue weighted by Gasteiger charge is -2.17. The van der Waals surface area contributed by atoms with Crippen LogP contribution in [0.4, 0.5) is 0 Å². The first-order valence-electron chi connectivity index (χ1n) is 5.12. The number of likely N-dealkylation sites (N-methyl/N-ethyl adjacent to an activating group) is 2. The molecule has 1 aromatic carbocycles. The van der Waals surface area contributed by atoms with Crippen molar-refractivity contribution in [2.24, 2.45) is 0 Å². The van der Waals surface area contributed by atoms with E-state index < -0.39 is 0 Å². The minimum Gasteiger partial charge on any atom is -0.340 e. The summed E-state index contributed by atoms with van der Waals surface area (Å²) in [5, 5.41) is 3.02. The van der Waals surface area contributed by atoms with Gasteiger partial charge in [-0.25, -0.2) is 0 Å². The Morgan fingerprint density at radius 3 is 2.80 bits per heavy atom. The summed E-state index contributed by atoms with van der Waals surface area (Å²) < 4.78 is 0. The third-order valence-electron chi connectivity index (χ3n) is 2.31. The number of hydrogen-bond donors (Lipinski definition) is 1. The van der Waals surface area contributed by atoms with E-state index in [1.165, 1.54) is 0 Å². The molecule has 0 heterocycles. The van der Waals surface area contributed by atoms with Gasteiger partial charge in [-0.05, 0) is 26.1 Å². The van der Waals surface area contributed by atoms with E-state index in [0.29, 0.717) is 0 Å². The number of aryl methyl sites for hydroxylation is 1. The topological polar surface area (TPSA) is 32.3 Å². The van der Waals surface area contributed by atoms with E-state index in [9.17, 15) is 4.79 Å². The molecule has 0 saturated heterocycles. The molecule has 15 heavy (non-hydrogen) atoms. The number of amides is 1. The van der Waals surface area contributed by atoms with Crippen molar-refractivity contribution in [3.8, 4) is 0 Å². The molecule has 0 aliphatic carbocycles. The van der Waals surface area contributed by atoms with Gasteiger partial charge in [-0.1, -0.05) is 17.7 Å². The monoisotopic (exact) mass is 206 g/mol. The van der Waals surface area contributed by atoms with Gasteiger partial charge < -0.3 is 10.2 Å². The van der Waals surface area contributed by atoms with E-state index in [1.807, 2.05) is 45.3 Å². The quantitative estimate of drug-likeness (QED) is 0.805. The van der Waals surface area contributed by atoms with Crippen molar-refractivity contribution in [2.45, 2.75) is 6.92 Å². The molecule has 0 aliphatic heterocycles. The zero-order valence-corrected chi connectivity index (χ0v) is 9.58. The van der Waals surface area contributed by atoms with Crippen LogP contribution in [-0.4, -0.2) is 38.0 Å². The van der Waals surface area contributed by atoms with E-state index in [0.717, 1.165) is 24.2 Å². The Kier molecular flexibility index (Phi) is 4.31. The SMILES string of the molecule is CNCCN(C)C(=O)c1cccc(C)c1. The predicted molar refractivity (Wildman–Crippen MR) is 62.1 cm³/mol. The van der Waals surface area contributed by atoms with Gasteiger partial charge in [0.1, 0.15) is 0 Å². The maximum absolute atomic E-state index is 11.9. The number of nitrogens with zero attached hydrogens (tertiary/aromatic N) is 1. The lowest BCUT2D eigenvalue weighted by Crippen LogP contribution is -2.32. The van der Waals surface area contributed by atoms with Crippen LogP contribution in [0.25, 0.3) is 0 Å². The highest BCUT2D eigenvalue weighted by Crippen LogP contribution is 2.06. The van der Waals surface area contributed by atoms with Crippen LogP contribution in [0.2, 0.25) is 0 Å². The second-order valence-electron chi connectivity index (χ2n) is 3.70. The Morgan fingerprint density at radius 2 is 2.20 bits per heavy atom. The Labute approximate surface area is 91.1 Å². The van der Waals surface area contributed by atoms with Crippen LogP contribution < -0.4 is 5.32 Å². The van der Waals surface area contributed by atoms with Gasteiger partial charge in [0.05, 0.1) is 0 Å². The number of hydrogen-bond acceptors (Lipinski definition) is 2. The zero-order valence-electron chi connectivity index (χ0n) is 9.58. The summed E-state index contributed by atoms with van der Waals surface area (Å²) in [6, 6.07) is 7.67. The van der Waals surface area contributed by atoms with Crippen molar-refractivity contribution < 1.29 is 4.79 Å². The minimum atomic E-state index is 0.0777. The lowest BCUT2D eigenvalue weighted by molar-refractivity contribution is 0.0797. The van der Waals surface area contributed by atoms with Crippen LogP contribution >= 0.6 is 0 Å². The maximum Gasteiger partial charge on any atom is 0.253 e. The Bertz CT molecular complexity index is 336. The minimum absolute atomic E-state index is 0.0777. The molecule has 0 unspecified atom stereocenters. The Hall–Kier alpha value is -1.35. The second-order valence-corrected chi connectivity index (χ2v) is 3.70. The average molecular weight is 206 g/mol. The molecule has 1 amide bonds. The number of rotatable bonds is 4. The van der Waals surface area contributed by atoms with Crippen molar-refractivity contribution in [3.05, 3.63) is 35.4 Å². The molecule has 0 spiro atoms. The molecule has 0 radical (unpaired) electrons. The first-order chi connectivity index (χ1) is 7.15. The van der Waals surface area contributed by atoms with E-state index >= 15 is 0 Å². The van der Waals surface area contributed by atoms with E-state index in [2.05, 4.69) is 5.32 Å². The van der Waals surface area contributed by atoms with Crippen molar-refractivity contribution >= 4 is 5.91 Å². The van der Waals surface area contributed by atoms with E-state index in [1.54, 1.807) is 4.90 Å². The van der Waals surface area contributed by atoms with Crippen LogP contribution in [0.3, 0.4) is 0 Å². The summed E-state index contributed by atoms with van der Waals surface area (Å²) >= 11 is 0. The summed E-state index contributed by atoms with van der Waals surface area (Å²) in [7, 11) is 3.70. The van der Waals surface area contributed by atoms with Gasteiger partial charge in [-0.3, -0.25) is 4.79 Å².